The van der Waals surface area contributed by atoms with Crippen molar-refractivity contribution in [3.05, 3.63) is 11.8 Å². The van der Waals surface area contributed by atoms with Gasteiger partial charge < -0.3 is 15.0 Å². The van der Waals surface area contributed by atoms with E-state index in [0.29, 0.717) is 24.6 Å². The van der Waals surface area contributed by atoms with Gasteiger partial charge in [-0.1, -0.05) is 0 Å². The number of nitrogens with zero attached hydrogens (tertiary/aromatic N) is 3. The lowest BCUT2D eigenvalue weighted by Crippen LogP contribution is -2.40. The summed E-state index contributed by atoms with van der Waals surface area (Å²) in [6.07, 6.45) is 4.80. The minimum atomic E-state index is 0.524. The summed E-state index contributed by atoms with van der Waals surface area (Å²) in [6.45, 7) is 4.59. The molecule has 2 rings (SSSR count). The van der Waals surface area contributed by atoms with Gasteiger partial charge in [-0.05, 0) is 46.6 Å². The minimum Gasteiger partial charge on any atom is -0.478 e. The van der Waals surface area contributed by atoms with Crippen molar-refractivity contribution in [2.75, 3.05) is 25.6 Å². The van der Waals surface area contributed by atoms with Crippen molar-refractivity contribution in [1.29, 1.82) is 0 Å². The molecule has 1 N–H and O–H groups in total. The fraction of sp³-hybridized carbons (Fsp3) is 0.733. The molecule has 0 aromatic carbocycles. The van der Waals surface area contributed by atoms with Crippen LogP contribution in [0, 0.1) is 6.92 Å². The first-order chi connectivity index (χ1) is 9.63. The van der Waals surface area contributed by atoms with E-state index in [9.17, 15) is 0 Å². The average Bonchev–Trinajstić information content (AvgIpc) is 2.46. The summed E-state index contributed by atoms with van der Waals surface area (Å²) in [4.78, 5) is 11.3. The van der Waals surface area contributed by atoms with Gasteiger partial charge in [-0.15, -0.1) is 0 Å². The lowest BCUT2D eigenvalue weighted by Gasteiger charge is -2.34. The second kappa shape index (κ2) is 6.88. The maximum atomic E-state index is 5.51. The normalized spacial score (nSPS) is 22.6. The van der Waals surface area contributed by atoms with Crippen LogP contribution in [-0.2, 0) is 0 Å². The Balaban J connectivity index is 2.07. The molecule has 0 atom stereocenters. The summed E-state index contributed by atoms with van der Waals surface area (Å²) >= 11 is 0. The van der Waals surface area contributed by atoms with Gasteiger partial charge in [-0.3, -0.25) is 0 Å². The van der Waals surface area contributed by atoms with Gasteiger partial charge in [0.15, 0.2) is 0 Å². The van der Waals surface area contributed by atoms with E-state index in [2.05, 4.69) is 27.2 Å². The second-order valence-electron chi connectivity index (χ2n) is 5.49. The van der Waals surface area contributed by atoms with Gasteiger partial charge in [0.2, 0.25) is 11.8 Å². The lowest BCUT2D eigenvalue weighted by molar-refractivity contribution is 0.323. The number of hydrogen-bond donors (Lipinski definition) is 1. The van der Waals surface area contributed by atoms with Gasteiger partial charge in [0.1, 0.15) is 0 Å². The second-order valence-corrected chi connectivity index (χ2v) is 5.49. The Hall–Kier alpha value is -1.36. The van der Waals surface area contributed by atoms with Crippen molar-refractivity contribution in [2.45, 2.75) is 51.6 Å². The molecule has 1 aromatic rings. The molecule has 0 bridgehead atoms. The Kier molecular flexibility index (Phi) is 5.17. The van der Waals surface area contributed by atoms with Crippen molar-refractivity contribution in [1.82, 2.24) is 15.3 Å². The van der Waals surface area contributed by atoms with Crippen LogP contribution in [-0.4, -0.2) is 42.8 Å². The number of aryl methyl sites for hydroxylation is 1. The summed E-state index contributed by atoms with van der Waals surface area (Å²) < 4.78 is 5.51. The summed E-state index contributed by atoms with van der Waals surface area (Å²) in [7, 11) is 4.14. The molecule has 0 amide bonds. The van der Waals surface area contributed by atoms with E-state index < -0.39 is 0 Å². The summed E-state index contributed by atoms with van der Waals surface area (Å²) in [5.74, 6) is 1.45. The first kappa shape index (κ1) is 15.0. The Bertz CT molecular complexity index is 430. The number of nitrogens with one attached hydrogen (secondary N) is 1. The molecule has 1 fully saturated rings. The monoisotopic (exact) mass is 278 g/mol. The smallest absolute Gasteiger partial charge is 0.228 e. The van der Waals surface area contributed by atoms with E-state index in [4.69, 9.17) is 4.74 Å². The molecule has 0 spiro atoms. The highest BCUT2D eigenvalue weighted by molar-refractivity contribution is 5.34. The third kappa shape index (κ3) is 3.60. The van der Waals surface area contributed by atoms with Crippen molar-refractivity contribution in [3.63, 3.8) is 0 Å². The number of anilines is 1. The topological polar surface area (TPSA) is 50.3 Å². The van der Waals surface area contributed by atoms with Gasteiger partial charge in [-0.2, -0.15) is 4.98 Å². The Morgan fingerprint density at radius 3 is 2.60 bits per heavy atom. The van der Waals surface area contributed by atoms with Crippen LogP contribution in [0.5, 0.6) is 5.88 Å². The first-order valence-electron chi connectivity index (χ1n) is 7.52. The lowest BCUT2D eigenvalue weighted by atomic mass is 9.90. The van der Waals surface area contributed by atoms with Crippen LogP contribution in [0.2, 0.25) is 0 Å². The largest absolute Gasteiger partial charge is 0.478 e. The van der Waals surface area contributed by atoms with Crippen molar-refractivity contribution >= 4 is 5.95 Å². The Morgan fingerprint density at radius 2 is 2.00 bits per heavy atom. The van der Waals surface area contributed by atoms with E-state index in [1.54, 1.807) is 0 Å². The molecule has 1 heterocycles. The third-order valence-corrected chi connectivity index (χ3v) is 4.08. The highest BCUT2D eigenvalue weighted by atomic mass is 16.5. The molecule has 20 heavy (non-hydrogen) atoms. The highest BCUT2D eigenvalue weighted by Crippen LogP contribution is 2.25. The number of hydrogen-bond acceptors (Lipinski definition) is 5. The average molecular weight is 278 g/mol. The van der Waals surface area contributed by atoms with E-state index in [0.717, 1.165) is 11.6 Å². The fourth-order valence-corrected chi connectivity index (χ4v) is 2.82. The molecular weight excluding hydrogens is 252 g/mol. The first-order valence-corrected chi connectivity index (χ1v) is 7.52. The number of ether oxygens (including phenoxy) is 1. The van der Waals surface area contributed by atoms with E-state index in [1.165, 1.54) is 25.7 Å². The van der Waals surface area contributed by atoms with Crippen molar-refractivity contribution in [3.8, 4) is 5.88 Å². The molecular formula is C15H26N4O. The van der Waals surface area contributed by atoms with Crippen molar-refractivity contribution < 1.29 is 4.74 Å². The summed E-state index contributed by atoms with van der Waals surface area (Å²) in [6, 6.07) is 3.08. The van der Waals surface area contributed by atoms with E-state index in [1.807, 2.05) is 27.0 Å². The molecule has 0 radical (unpaired) electrons. The molecule has 5 heteroatoms. The predicted molar refractivity (Wildman–Crippen MR) is 81.4 cm³/mol. The van der Waals surface area contributed by atoms with E-state index in [-0.39, 0.29) is 0 Å². The van der Waals surface area contributed by atoms with Gasteiger partial charge in [0.25, 0.3) is 0 Å². The fourth-order valence-electron chi connectivity index (χ4n) is 2.82. The van der Waals surface area contributed by atoms with Crippen LogP contribution in [0.25, 0.3) is 0 Å². The molecule has 0 aliphatic heterocycles. The van der Waals surface area contributed by atoms with Crippen LogP contribution in [0.15, 0.2) is 6.07 Å². The molecule has 0 saturated heterocycles. The van der Waals surface area contributed by atoms with Crippen LogP contribution in [0.3, 0.4) is 0 Å². The number of rotatable bonds is 5. The zero-order valence-corrected chi connectivity index (χ0v) is 13.0. The van der Waals surface area contributed by atoms with Crippen LogP contribution in [0.1, 0.15) is 38.3 Å². The van der Waals surface area contributed by atoms with Crippen LogP contribution in [0.4, 0.5) is 5.95 Å². The van der Waals surface area contributed by atoms with Gasteiger partial charge in [0.05, 0.1) is 6.61 Å². The quantitative estimate of drug-likeness (QED) is 0.894. The van der Waals surface area contributed by atoms with Gasteiger partial charge >= 0.3 is 0 Å². The number of aromatic nitrogens is 2. The maximum absolute atomic E-state index is 5.51. The maximum Gasteiger partial charge on any atom is 0.228 e. The van der Waals surface area contributed by atoms with Crippen LogP contribution >= 0.6 is 0 Å². The third-order valence-electron chi connectivity index (χ3n) is 4.08. The molecule has 1 saturated carbocycles. The van der Waals surface area contributed by atoms with Gasteiger partial charge in [0, 0.05) is 30.9 Å². The van der Waals surface area contributed by atoms with E-state index >= 15 is 0 Å². The standard InChI is InChI=1S/C15H26N4O/c1-5-20-14-10-11(2)17-15(18-14)19(4)13-8-6-12(16-3)7-9-13/h10,12-13,16H,5-9H2,1-4H3. The molecule has 5 nitrogen and oxygen atoms in total. The Morgan fingerprint density at radius 1 is 1.30 bits per heavy atom. The zero-order valence-electron chi connectivity index (χ0n) is 13.0. The summed E-state index contributed by atoms with van der Waals surface area (Å²) in [5, 5.41) is 3.37. The predicted octanol–water partition coefficient (Wildman–Crippen LogP) is 2.15. The molecule has 0 unspecified atom stereocenters. The van der Waals surface area contributed by atoms with Gasteiger partial charge in [-0.25, -0.2) is 4.98 Å². The SMILES string of the molecule is CCOc1cc(C)nc(N(C)C2CCC(NC)CC2)n1. The van der Waals surface area contributed by atoms with Crippen molar-refractivity contribution in [2.24, 2.45) is 0 Å². The molecule has 112 valence electrons. The van der Waals surface area contributed by atoms with Crippen LogP contribution < -0.4 is 15.0 Å². The highest BCUT2D eigenvalue weighted by Gasteiger charge is 2.24. The minimum absolute atomic E-state index is 0.524. The molecule has 1 aliphatic carbocycles. The molecule has 1 aliphatic rings. The Labute approximate surface area is 121 Å². The zero-order chi connectivity index (χ0) is 14.5. The molecule has 1 aromatic heterocycles. The summed E-state index contributed by atoms with van der Waals surface area (Å²) in [5.41, 5.74) is 0.953.